The van der Waals surface area contributed by atoms with Crippen LogP contribution in [0.5, 0.6) is 0 Å². The summed E-state index contributed by atoms with van der Waals surface area (Å²) < 4.78 is 13.1. The summed E-state index contributed by atoms with van der Waals surface area (Å²) in [7, 11) is 0. The van der Waals surface area contributed by atoms with E-state index in [1.165, 1.54) is 22.8 Å². The van der Waals surface area contributed by atoms with Crippen molar-refractivity contribution >= 4 is 17.2 Å². The lowest BCUT2D eigenvalue weighted by Crippen LogP contribution is -2.33. The molecule has 5 heteroatoms. The fraction of sp³-hybridized carbons (Fsp3) is 0.333. The summed E-state index contributed by atoms with van der Waals surface area (Å²) in [6, 6.07) is 3.79. The minimum atomic E-state index is -0.474. The molecule has 1 atom stereocenters. The molecule has 88 valence electrons. The van der Waals surface area contributed by atoms with Crippen molar-refractivity contribution < 1.29 is 4.39 Å². The zero-order valence-corrected chi connectivity index (χ0v) is 10.2. The summed E-state index contributed by atoms with van der Waals surface area (Å²) in [5, 5.41) is 2.12. The smallest absolute Gasteiger partial charge is 0.218 e. The van der Waals surface area contributed by atoms with Gasteiger partial charge in [-0.1, -0.05) is 0 Å². The summed E-state index contributed by atoms with van der Waals surface area (Å²) in [5.41, 5.74) is 1.33. The lowest BCUT2D eigenvalue weighted by atomic mass is 10.0. The van der Waals surface area contributed by atoms with Crippen molar-refractivity contribution in [2.75, 3.05) is 11.4 Å². The fourth-order valence-corrected chi connectivity index (χ4v) is 3.27. The van der Waals surface area contributed by atoms with Gasteiger partial charge in [0.05, 0.1) is 6.04 Å². The zero-order valence-electron chi connectivity index (χ0n) is 9.43. The predicted molar refractivity (Wildman–Crippen MR) is 65.8 cm³/mol. The molecule has 1 aliphatic heterocycles. The molecule has 1 aliphatic rings. The molecule has 0 radical (unpaired) electrons. The maximum atomic E-state index is 13.1. The molecule has 2 aromatic rings. The lowest BCUT2D eigenvalue weighted by Gasteiger charge is -2.34. The van der Waals surface area contributed by atoms with Gasteiger partial charge in [-0.15, -0.1) is 11.3 Å². The van der Waals surface area contributed by atoms with Crippen LogP contribution in [0.2, 0.25) is 0 Å². The van der Waals surface area contributed by atoms with Gasteiger partial charge in [-0.2, -0.15) is 4.39 Å². The zero-order chi connectivity index (χ0) is 11.8. The van der Waals surface area contributed by atoms with Crippen LogP contribution in [0, 0.1) is 5.95 Å². The van der Waals surface area contributed by atoms with Gasteiger partial charge in [0.2, 0.25) is 5.95 Å². The Morgan fingerprint density at radius 1 is 1.47 bits per heavy atom. The van der Waals surface area contributed by atoms with Crippen molar-refractivity contribution in [3.8, 4) is 0 Å². The summed E-state index contributed by atoms with van der Waals surface area (Å²) in [4.78, 5) is 11.2. The number of thiophene rings is 1. The molecule has 0 aromatic carbocycles. The number of aromatic nitrogens is 2. The number of halogens is 1. The molecule has 0 spiro atoms. The first kappa shape index (κ1) is 10.7. The Morgan fingerprint density at radius 3 is 3.18 bits per heavy atom. The van der Waals surface area contributed by atoms with Gasteiger partial charge >= 0.3 is 0 Å². The second kappa shape index (κ2) is 4.07. The van der Waals surface area contributed by atoms with Gasteiger partial charge in [-0.05, 0) is 30.4 Å². The molecule has 3 heterocycles. The van der Waals surface area contributed by atoms with Gasteiger partial charge in [0.1, 0.15) is 12.1 Å². The van der Waals surface area contributed by atoms with Gasteiger partial charge in [0, 0.05) is 17.5 Å². The quantitative estimate of drug-likeness (QED) is 0.728. The van der Waals surface area contributed by atoms with Crippen LogP contribution in [-0.2, 0) is 6.42 Å². The molecule has 0 saturated heterocycles. The maximum absolute atomic E-state index is 13.1. The second-order valence-corrected chi connectivity index (χ2v) is 5.12. The van der Waals surface area contributed by atoms with Crippen LogP contribution in [0.1, 0.15) is 23.4 Å². The van der Waals surface area contributed by atoms with Crippen LogP contribution < -0.4 is 4.90 Å². The fourth-order valence-electron chi connectivity index (χ4n) is 2.30. The monoisotopic (exact) mass is 249 g/mol. The number of anilines is 1. The highest BCUT2D eigenvalue weighted by molar-refractivity contribution is 7.10. The van der Waals surface area contributed by atoms with Crippen molar-refractivity contribution in [1.29, 1.82) is 0 Å². The number of fused-ring (bicyclic) bond motifs is 1. The minimum absolute atomic E-state index is 0.249. The molecule has 17 heavy (non-hydrogen) atoms. The second-order valence-electron chi connectivity index (χ2n) is 4.12. The van der Waals surface area contributed by atoms with Gasteiger partial charge in [0.25, 0.3) is 0 Å². The lowest BCUT2D eigenvalue weighted by molar-refractivity contribution is 0.569. The first-order valence-electron chi connectivity index (χ1n) is 5.56. The Morgan fingerprint density at radius 2 is 2.35 bits per heavy atom. The van der Waals surface area contributed by atoms with E-state index in [0.29, 0.717) is 5.82 Å². The summed E-state index contributed by atoms with van der Waals surface area (Å²) in [5.74, 6) is 0.195. The van der Waals surface area contributed by atoms with Crippen LogP contribution in [0.3, 0.4) is 0 Å². The number of hydrogen-bond acceptors (Lipinski definition) is 4. The number of nitrogens with zero attached hydrogens (tertiary/aromatic N) is 3. The maximum Gasteiger partial charge on any atom is 0.218 e. The Balaban J connectivity index is 1.96. The third-order valence-corrected chi connectivity index (χ3v) is 4.19. The van der Waals surface area contributed by atoms with Crippen molar-refractivity contribution in [2.24, 2.45) is 0 Å². The molecular formula is C12H12FN3S. The van der Waals surface area contributed by atoms with E-state index in [2.05, 4.69) is 33.2 Å². The largest absolute Gasteiger partial charge is 0.349 e. The van der Waals surface area contributed by atoms with Gasteiger partial charge < -0.3 is 4.90 Å². The van der Waals surface area contributed by atoms with E-state index in [9.17, 15) is 4.39 Å². The molecule has 3 nitrogen and oxygen atoms in total. The number of hydrogen-bond donors (Lipinski definition) is 0. The van der Waals surface area contributed by atoms with Crippen LogP contribution in [0.15, 0.2) is 23.8 Å². The molecule has 0 bridgehead atoms. The van der Waals surface area contributed by atoms with E-state index in [1.54, 1.807) is 11.3 Å². The molecule has 0 aliphatic carbocycles. The molecule has 0 fully saturated rings. The van der Waals surface area contributed by atoms with Gasteiger partial charge in [-0.25, -0.2) is 9.97 Å². The van der Waals surface area contributed by atoms with Crippen molar-refractivity contribution in [3.63, 3.8) is 0 Å². The minimum Gasteiger partial charge on any atom is -0.349 e. The Hall–Kier alpha value is -1.49. The van der Waals surface area contributed by atoms with Crippen molar-refractivity contribution in [3.05, 3.63) is 40.2 Å². The highest BCUT2D eigenvalue weighted by Crippen LogP contribution is 2.34. The van der Waals surface area contributed by atoms with Crippen LogP contribution in [0.4, 0.5) is 10.2 Å². The molecular weight excluding hydrogens is 237 g/mol. The molecule has 0 N–H and O–H groups in total. The van der Waals surface area contributed by atoms with E-state index in [1.807, 2.05) is 0 Å². The van der Waals surface area contributed by atoms with E-state index >= 15 is 0 Å². The number of rotatable bonds is 1. The molecule has 2 aromatic heterocycles. The first-order valence-corrected chi connectivity index (χ1v) is 6.44. The molecule has 1 unspecified atom stereocenters. The topological polar surface area (TPSA) is 29.0 Å². The van der Waals surface area contributed by atoms with E-state index in [0.717, 1.165) is 13.0 Å². The highest BCUT2D eigenvalue weighted by atomic mass is 32.1. The van der Waals surface area contributed by atoms with Crippen molar-refractivity contribution in [2.45, 2.75) is 19.4 Å². The van der Waals surface area contributed by atoms with Gasteiger partial charge in [0.15, 0.2) is 0 Å². The Labute approximate surface area is 103 Å². The van der Waals surface area contributed by atoms with E-state index in [4.69, 9.17) is 0 Å². The normalized spacial score (nSPS) is 19.2. The SMILES string of the molecule is CC1c2ccsc2CCN1c1cc(F)ncn1. The van der Waals surface area contributed by atoms with Gasteiger partial charge in [-0.3, -0.25) is 0 Å². The summed E-state index contributed by atoms with van der Waals surface area (Å²) >= 11 is 1.80. The van der Waals surface area contributed by atoms with Crippen LogP contribution >= 0.6 is 11.3 Å². The standard InChI is InChI=1S/C12H12FN3S/c1-8-9-3-5-17-10(9)2-4-16(8)12-6-11(13)14-7-15-12/h3,5-8H,2,4H2,1H3. The molecule has 0 saturated carbocycles. The average molecular weight is 249 g/mol. The first-order chi connectivity index (χ1) is 8.25. The predicted octanol–water partition coefficient (Wildman–Crippen LogP) is 2.80. The third kappa shape index (κ3) is 1.80. The highest BCUT2D eigenvalue weighted by Gasteiger charge is 2.25. The third-order valence-electron chi connectivity index (χ3n) is 3.19. The van der Waals surface area contributed by atoms with Crippen molar-refractivity contribution in [1.82, 2.24) is 9.97 Å². The van der Waals surface area contributed by atoms with Crippen LogP contribution in [0.25, 0.3) is 0 Å². The average Bonchev–Trinajstić information content (AvgIpc) is 2.78. The van der Waals surface area contributed by atoms with E-state index in [-0.39, 0.29) is 6.04 Å². The van der Waals surface area contributed by atoms with E-state index < -0.39 is 5.95 Å². The molecule has 0 amide bonds. The molecule has 3 rings (SSSR count). The van der Waals surface area contributed by atoms with Crippen LogP contribution in [-0.4, -0.2) is 16.5 Å². The summed E-state index contributed by atoms with van der Waals surface area (Å²) in [6.45, 7) is 3.01. The summed E-state index contributed by atoms with van der Waals surface area (Å²) in [6.07, 6.45) is 2.28. The Bertz CT molecular complexity index is 540. The Kier molecular flexibility index (Phi) is 2.55.